The first-order valence-corrected chi connectivity index (χ1v) is 28.8. The van der Waals surface area contributed by atoms with Gasteiger partial charge in [-0.2, -0.15) is 4.80 Å². The number of aromatic nitrogens is 3. The largest absolute Gasteiger partial charge is 0.311 e. The molecule has 2 aliphatic heterocycles. The number of hydrogen-bond acceptors (Lipinski definition) is 5. The lowest BCUT2D eigenvalue weighted by atomic mass is 9.33. The summed E-state index contributed by atoms with van der Waals surface area (Å²) in [5.74, 6) is 0. The molecule has 0 N–H and O–H groups in total. The van der Waals surface area contributed by atoms with Gasteiger partial charge in [-0.1, -0.05) is 198 Å². The third-order valence-corrected chi connectivity index (χ3v) is 16.8. The molecule has 2 aliphatic rings. The van der Waals surface area contributed by atoms with Crippen molar-refractivity contribution in [2.45, 2.75) is 105 Å². The van der Waals surface area contributed by atoms with Crippen LogP contribution in [-0.4, -0.2) is 21.7 Å². The summed E-state index contributed by atoms with van der Waals surface area (Å²) in [6, 6.07) is 79.3. The number of para-hydroxylation sites is 1. The van der Waals surface area contributed by atoms with Crippen LogP contribution in [0.1, 0.15) is 105 Å². The summed E-state index contributed by atoms with van der Waals surface area (Å²) in [6.45, 7) is 27.5. The van der Waals surface area contributed by atoms with Crippen molar-refractivity contribution in [3.63, 3.8) is 0 Å². The molecule has 1 aromatic heterocycles. The van der Waals surface area contributed by atoms with Crippen LogP contribution in [0.15, 0.2) is 212 Å². The predicted octanol–water partition coefficient (Wildman–Crippen LogP) is 18.0. The van der Waals surface area contributed by atoms with Gasteiger partial charge in [-0.3, -0.25) is 0 Å². The minimum absolute atomic E-state index is 0.00622. The van der Waals surface area contributed by atoms with Crippen LogP contribution in [0.25, 0.3) is 38.6 Å². The van der Waals surface area contributed by atoms with Crippen molar-refractivity contribution in [2.24, 2.45) is 0 Å². The summed E-state index contributed by atoms with van der Waals surface area (Å²) in [4.78, 5) is 9.33. The fraction of sp³-hybridized carbons (Fsp3) is 0.216. The highest BCUT2D eigenvalue weighted by Crippen LogP contribution is 2.49. The van der Waals surface area contributed by atoms with E-state index in [1.165, 1.54) is 71.9 Å². The standard InChI is InChI=1S/C74H71BN6/c1-71(2,3)50-28-34-54(35-29-50)78(58-25-18-22-49(42-58)61-27-19-21-48-20-16-17-26-60(48)61)59-40-41-62-66(45-59)79(55-36-30-51(31-37-55)72(4,5)6)68-43-53(74(10,11)12)44-69-70(68)75(62)63-46-64-65(77-81(76-64)57-23-14-13-15-24-57)47-67(63)80(69)56-38-32-52(33-39-56)73(7,8)9/h13-47H,1-12H3. The first-order valence-electron chi connectivity index (χ1n) is 28.8. The van der Waals surface area contributed by atoms with Crippen LogP contribution in [0.4, 0.5) is 51.2 Å². The molecule has 0 unspecified atom stereocenters. The van der Waals surface area contributed by atoms with E-state index in [0.717, 1.165) is 56.5 Å². The van der Waals surface area contributed by atoms with Crippen molar-refractivity contribution in [3.8, 4) is 16.8 Å². The van der Waals surface area contributed by atoms with Gasteiger partial charge in [-0.05, 0) is 179 Å². The molecule has 0 atom stereocenters. The van der Waals surface area contributed by atoms with E-state index in [-0.39, 0.29) is 28.4 Å². The molecule has 0 aliphatic carbocycles. The third kappa shape index (κ3) is 9.17. The SMILES string of the molecule is CC(C)(C)c1ccc(N(c2cccc(-c3cccc4ccccc34)c2)c2ccc3c(c2)N(c2ccc(C(C)(C)C)cc2)c2cc(C(C)(C)C)cc4c2B3c2cc3nn(-c5ccccc5)nc3cc2N4c2ccc(C(C)(C)C)cc2)cc1. The van der Waals surface area contributed by atoms with Gasteiger partial charge in [0.2, 0.25) is 0 Å². The molecule has 0 saturated carbocycles. The maximum atomic E-state index is 5.23. The van der Waals surface area contributed by atoms with Gasteiger partial charge in [-0.15, -0.1) is 10.2 Å². The highest BCUT2D eigenvalue weighted by Gasteiger charge is 2.45. The molecule has 81 heavy (non-hydrogen) atoms. The van der Waals surface area contributed by atoms with E-state index in [9.17, 15) is 0 Å². The molecule has 0 saturated heterocycles. The highest BCUT2D eigenvalue weighted by molar-refractivity contribution is 7.00. The number of benzene rings is 10. The van der Waals surface area contributed by atoms with E-state index < -0.39 is 0 Å². The summed E-state index contributed by atoms with van der Waals surface area (Å²) in [6.07, 6.45) is 0. The second-order valence-electron chi connectivity index (χ2n) is 26.6. The minimum atomic E-state index is -0.194. The molecule has 0 radical (unpaired) electrons. The Morgan fingerprint density at radius 2 is 0.852 bits per heavy atom. The topological polar surface area (TPSA) is 40.4 Å². The highest BCUT2D eigenvalue weighted by atomic mass is 15.5. The van der Waals surface area contributed by atoms with E-state index >= 15 is 0 Å². The molecule has 0 bridgehead atoms. The van der Waals surface area contributed by atoms with E-state index in [1.54, 1.807) is 4.80 Å². The van der Waals surface area contributed by atoms with Crippen molar-refractivity contribution in [3.05, 3.63) is 235 Å². The molecule has 0 amide bonds. The molecule has 10 aromatic carbocycles. The molecule has 0 spiro atoms. The quantitative estimate of drug-likeness (QED) is 0.149. The van der Waals surface area contributed by atoms with Gasteiger partial charge >= 0.3 is 0 Å². The van der Waals surface area contributed by atoms with Crippen LogP contribution >= 0.6 is 0 Å². The molecule has 11 aromatic rings. The predicted molar refractivity (Wildman–Crippen MR) is 345 cm³/mol. The summed E-state index contributed by atoms with van der Waals surface area (Å²) in [7, 11) is 0. The van der Waals surface area contributed by atoms with Gasteiger partial charge in [0.15, 0.2) is 0 Å². The Balaban J connectivity index is 1.09. The smallest absolute Gasteiger partial charge is 0.252 e. The van der Waals surface area contributed by atoms with Gasteiger partial charge in [-0.25, -0.2) is 0 Å². The third-order valence-electron chi connectivity index (χ3n) is 16.8. The Kier molecular flexibility index (Phi) is 12.1. The van der Waals surface area contributed by atoms with Gasteiger partial charge in [0.1, 0.15) is 11.0 Å². The van der Waals surface area contributed by atoms with Crippen molar-refractivity contribution < 1.29 is 0 Å². The monoisotopic (exact) mass is 1050 g/mol. The Morgan fingerprint density at radius 3 is 1.44 bits per heavy atom. The van der Waals surface area contributed by atoms with Gasteiger partial charge in [0, 0.05) is 51.2 Å². The molecule has 400 valence electrons. The second-order valence-corrected chi connectivity index (χ2v) is 26.6. The number of hydrogen-bond donors (Lipinski definition) is 0. The Morgan fingerprint density at radius 1 is 0.358 bits per heavy atom. The number of fused-ring (bicyclic) bond motifs is 6. The number of nitrogens with zero attached hydrogens (tertiary/aromatic N) is 6. The molecule has 13 rings (SSSR count). The Hall–Kier alpha value is -8.68. The minimum Gasteiger partial charge on any atom is -0.311 e. The molecular weight excluding hydrogens is 984 g/mol. The Bertz CT molecular complexity index is 4200. The fourth-order valence-corrected chi connectivity index (χ4v) is 12.3. The van der Waals surface area contributed by atoms with Gasteiger partial charge in [0.25, 0.3) is 6.71 Å². The van der Waals surface area contributed by atoms with Crippen LogP contribution in [0.3, 0.4) is 0 Å². The lowest BCUT2D eigenvalue weighted by molar-refractivity contribution is 0.590. The van der Waals surface area contributed by atoms with Crippen molar-refractivity contribution >= 4 is 96.1 Å². The summed E-state index contributed by atoms with van der Waals surface area (Å²) in [5, 5.41) is 12.9. The fourth-order valence-electron chi connectivity index (χ4n) is 12.3. The van der Waals surface area contributed by atoms with Crippen LogP contribution < -0.4 is 31.1 Å². The lowest BCUT2D eigenvalue weighted by Gasteiger charge is -2.45. The van der Waals surface area contributed by atoms with Crippen molar-refractivity contribution in [2.75, 3.05) is 14.7 Å². The van der Waals surface area contributed by atoms with E-state index in [2.05, 4.69) is 292 Å². The summed E-state index contributed by atoms with van der Waals surface area (Å²) in [5.41, 5.74) is 23.6. The van der Waals surface area contributed by atoms with Crippen LogP contribution in [-0.2, 0) is 21.7 Å². The zero-order chi connectivity index (χ0) is 56.3. The van der Waals surface area contributed by atoms with E-state index in [4.69, 9.17) is 10.2 Å². The normalized spacial score (nSPS) is 13.4. The lowest BCUT2D eigenvalue weighted by Crippen LogP contribution is -2.61. The van der Waals surface area contributed by atoms with Crippen LogP contribution in [0.5, 0.6) is 0 Å². The number of rotatable bonds is 7. The van der Waals surface area contributed by atoms with Crippen LogP contribution in [0.2, 0.25) is 0 Å². The molecule has 7 heteroatoms. The zero-order valence-corrected chi connectivity index (χ0v) is 49.0. The molecule has 3 heterocycles. The summed E-state index contributed by atoms with van der Waals surface area (Å²) < 4.78 is 0. The molecular formula is C74H71BN6. The zero-order valence-electron chi connectivity index (χ0n) is 49.0. The molecule has 6 nitrogen and oxygen atoms in total. The van der Waals surface area contributed by atoms with Gasteiger partial charge in [0.05, 0.1) is 5.69 Å². The van der Waals surface area contributed by atoms with Crippen molar-refractivity contribution in [1.29, 1.82) is 0 Å². The maximum Gasteiger partial charge on any atom is 0.252 e. The Labute approximate surface area is 479 Å². The summed E-state index contributed by atoms with van der Waals surface area (Å²) >= 11 is 0. The number of anilines is 9. The average Bonchev–Trinajstić information content (AvgIpc) is 4.06. The first kappa shape index (κ1) is 51.7. The van der Waals surface area contributed by atoms with Crippen molar-refractivity contribution in [1.82, 2.24) is 15.0 Å². The second kappa shape index (κ2) is 19.0. The van der Waals surface area contributed by atoms with E-state index in [1.807, 2.05) is 18.2 Å². The van der Waals surface area contributed by atoms with Crippen LogP contribution in [0, 0.1) is 0 Å². The molecule has 0 fully saturated rings. The average molecular weight is 1060 g/mol. The first-order chi connectivity index (χ1) is 38.7. The van der Waals surface area contributed by atoms with E-state index in [0.29, 0.717) is 0 Å². The van der Waals surface area contributed by atoms with Gasteiger partial charge < -0.3 is 14.7 Å². The maximum absolute atomic E-state index is 5.23.